The Labute approximate surface area is 110 Å². The van der Waals surface area contributed by atoms with E-state index in [0.29, 0.717) is 12.1 Å². The lowest BCUT2D eigenvalue weighted by Crippen LogP contribution is -2.19. The van der Waals surface area contributed by atoms with Crippen LogP contribution < -0.4 is 5.32 Å². The van der Waals surface area contributed by atoms with Crippen molar-refractivity contribution in [3.63, 3.8) is 0 Å². The van der Waals surface area contributed by atoms with Crippen molar-refractivity contribution in [2.75, 3.05) is 0 Å². The van der Waals surface area contributed by atoms with E-state index in [-0.39, 0.29) is 5.82 Å². The van der Waals surface area contributed by atoms with Gasteiger partial charge in [0.15, 0.2) is 0 Å². The Morgan fingerprint density at radius 2 is 2.28 bits per heavy atom. The van der Waals surface area contributed by atoms with Gasteiger partial charge in [-0.25, -0.2) is 4.39 Å². The molecule has 0 aliphatic rings. The molecule has 0 spiro atoms. The van der Waals surface area contributed by atoms with E-state index in [4.69, 9.17) is 5.26 Å². The van der Waals surface area contributed by atoms with Crippen LogP contribution in [0.3, 0.4) is 0 Å². The van der Waals surface area contributed by atoms with E-state index in [1.54, 1.807) is 30.4 Å². The second kappa shape index (κ2) is 5.76. The summed E-state index contributed by atoms with van der Waals surface area (Å²) in [5.74, 6) is -0.242. The predicted molar refractivity (Wildman–Crippen MR) is 70.6 cm³/mol. The summed E-state index contributed by atoms with van der Waals surface area (Å²) >= 11 is 1.64. The maximum Gasteiger partial charge on any atom is 0.126 e. The second-order valence-electron chi connectivity index (χ2n) is 4.03. The molecule has 18 heavy (non-hydrogen) atoms. The van der Waals surface area contributed by atoms with Crippen molar-refractivity contribution in [2.24, 2.45) is 0 Å². The van der Waals surface area contributed by atoms with Crippen LogP contribution in [0.15, 0.2) is 35.7 Å². The number of hydrogen-bond acceptors (Lipinski definition) is 3. The van der Waals surface area contributed by atoms with Crippen LogP contribution in [0.4, 0.5) is 4.39 Å². The van der Waals surface area contributed by atoms with Gasteiger partial charge in [0.2, 0.25) is 0 Å². The Kier molecular flexibility index (Phi) is 4.08. The summed E-state index contributed by atoms with van der Waals surface area (Å²) in [5.41, 5.74) is 1.36. The van der Waals surface area contributed by atoms with Gasteiger partial charge in [-0.05, 0) is 35.6 Å². The minimum Gasteiger partial charge on any atom is -0.293 e. The van der Waals surface area contributed by atoms with Crippen LogP contribution in [0.1, 0.15) is 22.0 Å². The van der Waals surface area contributed by atoms with Gasteiger partial charge >= 0.3 is 0 Å². The van der Waals surface area contributed by atoms with Crippen LogP contribution in [-0.4, -0.2) is 0 Å². The lowest BCUT2D eigenvalue weighted by atomic mass is 10.1. The molecule has 1 unspecified atom stereocenters. The normalized spacial score (nSPS) is 12.1. The molecule has 4 heteroatoms. The molecule has 0 aliphatic carbocycles. The van der Waals surface area contributed by atoms with E-state index in [1.807, 2.05) is 17.5 Å². The van der Waals surface area contributed by atoms with E-state index in [1.165, 1.54) is 10.9 Å². The van der Waals surface area contributed by atoms with Gasteiger partial charge < -0.3 is 0 Å². The molecule has 0 aliphatic heterocycles. The molecular formula is C14H13FN2S. The van der Waals surface area contributed by atoms with Gasteiger partial charge in [0.1, 0.15) is 11.9 Å². The van der Waals surface area contributed by atoms with Crippen LogP contribution in [0, 0.1) is 24.1 Å². The lowest BCUT2D eigenvalue weighted by molar-refractivity contribution is 0.608. The number of benzene rings is 1. The maximum absolute atomic E-state index is 13.2. The highest BCUT2D eigenvalue weighted by molar-refractivity contribution is 7.09. The van der Waals surface area contributed by atoms with E-state index in [2.05, 4.69) is 11.4 Å². The first kappa shape index (κ1) is 12.7. The van der Waals surface area contributed by atoms with Crippen molar-refractivity contribution in [1.29, 1.82) is 5.26 Å². The van der Waals surface area contributed by atoms with Crippen LogP contribution in [-0.2, 0) is 6.54 Å². The zero-order chi connectivity index (χ0) is 13.0. The molecule has 2 aromatic rings. The molecule has 0 bridgehead atoms. The average molecular weight is 260 g/mol. The van der Waals surface area contributed by atoms with E-state index in [9.17, 15) is 4.39 Å². The molecule has 1 aromatic carbocycles. The minimum atomic E-state index is -0.411. The molecule has 0 radical (unpaired) electrons. The maximum atomic E-state index is 13.2. The van der Waals surface area contributed by atoms with Gasteiger partial charge in [-0.1, -0.05) is 18.2 Å². The number of rotatable bonds is 4. The Morgan fingerprint density at radius 3 is 2.89 bits per heavy atom. The number of halogens is 1. The van der Waals surface area contributed by atoms with Gasteiger partial charge in [-0.2, -0.15) is 5.26 Å². The fraction of sp³-hybridized carbons (Fsp3) is 0.214. The molecule has 0 fully saturated rings. The zero-order valence-electron chi connectivity index (χ0n) is 9.98. The molecular weight excluding hydrogens is 247 g/mol. The molecule has 92 valence electrons. The number of aryl methyl sites for hydroxylation is 1. The van der Waals surface area contributed by atoms with Crippen molar-refractivity contribution >= 4 is 11.3 Å². The van der Waals surface area contributed by atoms with Gasteiger partial charge in [-0.15, -0.1) is 11.3 Å². The molecule has 2 nitrogen and oxygen atoms in total. The van der Waals surface area contributed by atoms with Gasteiger partial charge in [0.05, 0.1) is 6.07 Å². The second-order valence-corrected chi connectivity index (χ2v) is 5.06. The largest absolute Gasteiger partial charge is 0.293 e. The topological polar surface area (TPSA) is 35.8 Å². The Hall–Kier alpha value is -1.70. The number of hydrogen-bond donors (Lipinski definition) is 1. The van der Waals surface area contributed by atoms with Crippen molar-refractivity contribution in [3.8, 4) is 6.07 Å². The molecule has 1 aromatic heterocycles. The third-order valence-electron chi connectivity index (χ3n) is 2.70. The van der Waals surface area contributed by atoms with Crippen LogP contribution in [0.25, 0.3) is 0 Å². The highest BCUT2D eigenvalue weighted by Crippen LogP contribution is 2.17. The standard InChI is InChI=1S/C14H13FN2S/c1-10-7-11(4-5-13(10)15)14(8-16)17-9-12-3-2-6-18-12/h2-7,14,17H,9H2,1H3. The predicted octanol–water partition coefficient (Wildman–Crippen LogP) is 3.55. The SMILES string of the molecule is Cc1cc(C(C#N)NCc2cccs2)ccc1F. The zero-order valence-corrected chi connectivity index (χ0v) is 10.8. The van der Waals surface area contributed by atoms with Crippen molar-refractivity contribution in [1.82, 2.24) is 5.32 Å². The molecule has 2 rings (SSSR count). The molecule has 0 saturated carbocycles. The Bertz CT molecular complexity index is 558. The van der Waals surface area contributed by atoms with Crippen molar-refractivity contribution in [3.05, 3.63) is 57.5 Å². The highest BCUT2D eigenvalue weighted by Gasteiger charge is 2.11. The lowest BCUT2D eigenvalue weighted by Gasteiger charge is -2.12. The minimum absolute atomic E-state index is 0.242. The molecule has 1 atom stereocenters. The third-order valence-corrected chi connectivity index (χ3v) is 3.58. The van der Waals surface area contributed by atoms with E-state index < -0.39 is 6.04 Å². The van der Waals surface area contributed by atoms with E-state index in [0.717, 1.165) is 5.56 Å². The summed E-state index contributed by atoms with van der Waals surface area (Å²) in [6.45, 7) is 2.35. The molecule has 0 saturated heterocycles. The Balaban J connectivity index is 2.08. The van der Waals surface area contributed by atoms with Crippen LogP contribution in [0.2, 0.25) is 0 Å². The summed E-state index contributed by atoms with van der Waals surface area (Å²) in [6, 6.07) is 10.5. The number of nitrogens with one attached hydrogen (secondary N) is 1. The molecule has 0 amide bonds. The first-order valence-electron chi connectivity index (χ1n) is 5.62. The molecule has 1 heterocycles. The number of thiophene rings is 1. The quantitative estimate of drug-likeness (QED) is 0.912. The Morgan fingerprint density at radius 1 is 1.44 bits per heavy atom. The van der Waals surface area contributed by atoms with Crippen molar-refractivity contribution in [2.45, 2.75) is 19.5 Å². The summed E-state index contributed by atoms with van der Waals surface area (Å²) in [5, 5.41) is 14.3. The fourth-order valence-corrected chi connectivity index (χ4v) is 2.36. The summed E-state index contributed by atoms with van der Waals surface area (Å²) < 4.78 is 13.2. The van der Waals surface area contributed by atoms with Crippen LogP contribution >= 0.6 is 11.3 Å². The summed E-state index contributed by atoms with van der Waals surface area (Å²) in [7, 11) is 0. The number of nitriles is 1. The average Bonchev–Trinajstić information content (AvgIpc) is 2.87. The highest BCUT2D eigenvalue weighted by atomic mass is 32.1. The number of nitrogens with zero attached hydrogens (tertiary/aromatic N) is 1. The van der Waals surface area contributed by atoms with Gasteiger partial charge in [-0.3, -0.25) is 5.32 Å². The monoisotopic (exact) mass is 260 g/mol. The third kappa shape index (κ3) is 2.95. The van der Waals surface area contributed by atoms with Crippen molar-refractivity contribution < 1.29 is 4.39 Å². The smallest absolute Gasteiger partial charge is 0.126 e. The van der Waals surface area contributed by atoms with Gasteiger partial charge in [0, 0.05) is 11.4 Å². The molecule has 1 N–H and O–H groups in total. The van der Waals surface area contributed by atoms with Gasteiger partial charge in [0.25, 0.3) is 0 Å². The first-order chi connectivity index (χ1) is 8.70. The summed E-state index contributed by atoms with van der Waals surface area (Å²) in [4.78, 5) is 1.18. The first-order valence-corrected chi connectivity index (χ1v) is 6.50. The fourth-order valence-electron chi connectivity index (χ4n) is 1.70. The summed E-state index contributed by atoms with van der Waals surface area (Å²) in [6.07, 6.45) is 0. The van der Waals surface area contributed by atoms with Crippen LogP contribution in [0.5, 0.6) is 0 Å². The van der Waals surface area contributed by atoms with E-state index >= 15 is 0 Å².